The van der Waals surface area contributed by atoms with Crippen LogP contribution >= 0.6 is 11.6 Å². The zero-order chi connectivity index (χ0) is 30.6. The van der Waals surface area contributed by atoms with Crippen molar-refractivity contribution in [1.82, 2.24) is 19.1 Å². The highest BCUT2D eigenvalue weighted by atomic mass is 35.5. The highest BCUT2D eigenvalue weighted by Gasteiger charge is 2.36. The third-order valence-electron chi connectivity index (χ3n) is 7.86. The van der Waals surface area contributed by atoms with Crippen molar-refractivity contribution in [3.8, 4) is 0 Å². The first-order valence-electron chi connectivity index (χ1n) is 14.5. The van der Waals surface area contributed by atoms with Crippen molar-refractivity contribution in [1.29, 1.82) is 0 Å². The molecule has 2 heterocycles. The van der Waals surface area contributed by atoms with Crippen LogP contribution in [0.5, 0.6) is 0 Å². The molecule has 0 amide bonds. The van der Waals surface area contributed by atoms with Crippen LogP contribution in [0.3, 0.4) is 0 Å². The minimum atomic E-state index is -0.535. The number of aryl methyl sites for hydroxylation is 1. The maximum absolute atomic E-state index is 13.5. The lowest BCUT2D eigenvalue weighted by molar-refractivity contribution is 0.599. The van der Waals surface area contributed by atoms with Crippen molar-refractivity contribution in [3.63, 3.8) is 0 Å². The van der Waals surface area contributed by atoms with Crippen molar-refractivity contribution in [2.45, 2.75) is 25.6 Å². The van der Waals surface area contributed by atoms with E-state index in [0.717, 1.165) is 22.3 Å². The van der Waals surface area contributed by atoms with E-state index in [1.165, 1.54) is 4.57 Å². The van der Waals surface area contributed by atoms with Gasteiger partial charge in [0.05, 0.1) is 18.6 Å². The van der Waals surface area contributed by atoms with Crippen molar-refractivity contribution in [2.24, 2.45) is 7.05 Å². The molecule has 44 heavy (non-hydrogen) atoms. The third-order valence-corrected chi connectivity index (χ3v) is 8.20. The molecule has 1 N–H and O–H groups in total. The number of fused-ring (bicyclic) bond motifs is 1. The number of hydrogen-bond acceptors (Lipinski definition) is 4. The Morgan fingerprint density at radius 1 is 0.773 bits per heavy atom. The van der Waals surface area contributed by atoms with Crippen molar-refractivity contribution in [3.05, 3.63) is 176 Å². The normalized spacial score (nSPS) is 11.9. The topological polar surface area (TPSA) is 75.9 Å². The zero-order valence-electron chi connectivity index (χ0n) is 24.5. The monoisotopic (exact) mass is 601 g/mol. The first kappa shape index (κ1) is 29.0. The van der Waals surface area contributed by atoms with Gasteiger partial charge in [-0.3, -0.25) is 18.9 Å². The van der Waals surface area contributed by atoms with Gasteiger partial charge in [0.15, 0.2) is 11.2 Å². The third kappa shape index (κ3) is 5.50. The molecule has 0 radical (unpaired) electrons. The van der Waals surface area contributed by atoms with Crippen LogP contribution in [0.2, 0.25) is 0 Å². The number of rotatable bonds is 9. The molecule has 0 bridgehead atoms. The van der Waals surface area contributed by atoms with Crippen molar-refractivity contribution < 1.29 is 0 Å². The molecule has 0 aliphatic carbocycles. The van der Waals surface area contributed by atoms with E-state index in [4.69, 9.17) is 16.6 Å². The lowest BCUT2D eigenvalue weighted by Gasteiger charge is -2.40. The molecule has 0 spiro atoms. The number of aromatic nitrogens is 4. The summed E-state index contributed by atoms with van der Waals surface area (Å²) < 4.78 is 3.20. The summed E-state index contributed by atoms with van der Waals surface area (Å²) in [6.07, 6.45) is 1.80. The Kier molecular flexibility index (Phi) is 8.30. The van der Waals surface area contributed by atoms with Crippen LogP contribution in [0, 0.1) is 0 Å². The van der Waals surface area contributed by atoms with Gasteiger partial charge in [-0.1, -0.05) is 139 Å². The fraction of sp³-hybridized carbons (Fsp3) is 0.139. The quantitative estimate of drug-likeness (QED) is 0.195. The van der Waals surface area contributed by atoms with Gasteiger partial charge in [-0.2, -0.15) is 4.98 Å². The Bertz CT molecular complexity index is 1860. The van der Waals surface area contributed by atoms with Gasteiger partial charge in [0, 0.05) is 12.1 Å². The molecule has 4 aromatic carbocycles. The Balaban J connectivity index is 1.78. The van der Waals surface area contributed by atoms with E-state index < -0.39 is 11.2 Å². The van der Waals surface area contributed by atoms with Crippen molar-refractivity contribution >= 4 is 28.7 Å². The number of nitrogens with one attached hydrogen (secondary N) is 1. The first-order chi connectivity index (χ1) is 21.5. The number of nitrogens with zero attached hydrogens (tertiary/aromatic N) is 4. The van der Waals surface area contributed by atoms with Gasteiger partial charge in [0.1, 0.15) is 0 Å². The minimum Gasteiger partial charge on any atom is -0.320 e. The summed E-state index contributed by atoms with van der Waals surface area (Å²) >= 11 is 6.70. The molecule has 7 nitrogen and oxygen atoms in total. The maximum atomic E-state index is 13.5. The van der Waals surface area contributed by atoms with Gasteiger partial charge in [-0.05, 0) is 29.2 Å². The Labute approximate surface area is 260 Å². The largest absolute Gasteiger partial charge is 0.329 e. The summed E-state index contributed by atoms with van der Waals surface area (Å²) in [5.41, 5.74) is 3.64. The first-order valence-corrected chi connectivity index (χ1v) is 14.8. The number of imidazole rings is 1. The molecule has 220 valence electrons. The fourth-order valence-electron chi connectivity index (χ4n) is 5.76. The summed E-state index contributed by atoms with van der Waals surface area (Å²) in [5.74, 6) is 0.502. The smallest absolute Gasteiger partial charge is 0.320 e. The second-order valence-corrected chi connectivity index (χ2v) is 11.1. The minimum absolute atomic E-state index is 0.189. The summed E-state index contributed by atoms with van der Waals surface area (Å²) in [7, 11) is 1.61. The molecule has 0 saturated heterocycles. The molecule has 0 aliphatic rings. The molecule has 0 saturated carbocycles. The molecular formula is C36H32ClN5O2. The lowest BCUT2D eigenvalue weighted by atomic mass is 9.91. The van der Waals surface area contributed by atoms with Gasteiger partial charge in [0.25, 0.3) is 5.56 Å². The van der Waals surface area contributed by atoms with Crippen LogP contribution in [0.25, 0.3) is 11.2 Å². The lowest BCUT2D eigenvalue weighted by Crippen LogP contribution is -2.37. The number of anilines is 1. The second-order valence-electron chi connectivity index (χ2n) is 10.6. The van der Waals surface area contributed by atoms with Crippen LogP contribution in [-0.2, 0) is 13.6 Å². The van der Waals surface area contributed by atoms with Crippen LogP contribution in [-0.4, -0.2) is 19.1 Å². The Hall–Kier alpha value is -5.14. The number of allylic oxidation sites excluding steroid dienone is 2. The average molecular weight is 602 g/mol. The predicted octanol–water partition coefficient (Wildman–Crippen LogP) is 6.95. The fourth-order valence-corrected chi connectivity index (χ4v) is 5.88. The highest BCUT2D eigenvalue weighted by Crippen LogP contribution is 2.43. The number of hydrogen-bond donors (Lipinski definition) is 1. The van der Waals surface area contributed by atoms with E-state index in [1.807, 2.05) is 84.3 Å². The predicted molar refractivity (Wildman–Crippen MR) is 177 cm³/mol. The molecule has 6 aromatic rings. The molecule has 8 heteroatoms. The molecule has 2 aromatic heterocycles. The van der Waals surface area contributed by atoms with Gasteiger partial charge in [-0.25, -0.2) is 4.79 Å². The number of aromatic amines is 1. The molecule has 0 unspecified atom stereocenters. The average Bonchev–Trinajstić information content (AvgIpc) is 3.44. The number of halogens is 1. The SMILES string of the molecule is C/C=C(\Cl)Cn1c(N(C(c2ccccc2)c2ccccc2)C(c2ccccc2)c2ccccc2)nc2c1c(=O)[nH]c(=O)n2C. The number of H-pyrrole nitrogens is 1. The number of benzene rings is 4. The molecule has 0 fully saturated rings. The summed E-state index contributed by atoms with van der Waals surface area (Å²) in [6.45, 7) is 2.04. The van der Waals surface area contributed by atoms with E-state index >= 15 is 0 Å². The molecule has 6 rings (SSSR count). The van der Waals surface area contributed by atoms with Crippen LogP contribution in [0.4, 0.5) is 5.95 Å². The van der Waals surface area contributed by atoms with Gasteiger partial charge >= 0.3 is 5.69 Å². The van der Waals surface area contributed by atoms with Gasteiger partial charge in [0.2, 0.25) is 5.95 Å². The van der Waals surface area contributed by atoms with E-state index in [-0.39, 0.29) is 29.8 Å². The standard InChI is InChI=1S/C36H32ClN5O2/c1-3-29(37)24-41-32-33(40(2)36(44)39-34(32)43)38-35(41)42(30(25-16-8-4-9-17-25)26-18-10-5-11-19-26)31(27-20-12-6-13-21-27)28-22-14-7-15-23-28/h3-23,30-31H,24H2,1-2H3,(H,39,43,44)/b29-3-. The van der Waals surface area contributed by atoms with Crippen LogP contribution < -0.4 is 16.1 Å². The molecule has 0 aliphatic heterocycles. The maximum Gasteiger partial charge on any atom is 0.329 e. The molecule has 0 atom stereocenters. The van der Waals surface area contributed by atoms with E-state index in [0.29, 0.717) is 11.0 Å². The van der Waals surface area contributed by atoms with Crippen LogP contribution in [0.15, 0.2) is 142 Å². The Morgan fingerprint density at radius 3 is 1.57 bits per heavy atom. The van der Waals surface area contributed by atoms with E-state index in [2.05, 4.69) is 58.4 Å². The summed E-state index contributed by atoms with van der Waals surface area (Å²) in [4.78, 5) is 36.1. The van der Waals surface area contributed by atoms with Gasteiger partial charge in [-0.15, -0.1) is 0 Å². The van der Waals surface area contributed by atoms with Gasteiger partial charge < -0.3 is 4.90 Å². The zero-order valence-corrected chi connectivity index (χ0v) is 25.2. The van der Waals surface area contributed by atoms with E-state index in [1.54, 1.807) is 13.1 Å². The highest BCUT2D eigenvalue weighted by molar-refractivity contribution is 6.29. The van der Waals surface area contributed by atoms with Crippen LogP contribution in [0.1, 0.15) is 41.3 Å². The van der Waals surface area contributed by atoms with E-state index in [9.17, 15) is 9.59 Å². The Morgan fingerprint density at radius 2 is 1.18 bits per heavy atom. The van der Waals surface area contributed by atoms with Crippen molar-refractivity contribution in [2.75, 3.05) is 4.90 Å². The summed E-state index contributed by atoms with van der Waals surface area (Å²) in [5, 5.41) is 0.533. The second kappa shape index (κ2) is 12.6. The summed E-state index contributed by atoms with van der Waals surface area (Å²) in [6, 6.07) is 40.3. The molecular weight excluding hydrogens is 570 g/mol.